The summed E-state index contributed by atoms with van der Waals surface area (Å²) >= 11 is 0. The predicted molar refractivity (Wildman–Crippen MR) is 68.3 cm³/mol. The van der Waals surface area contributed by atoms with E-state index in [1.54, 1.807) is 0 Å². The highest BCUT2D eigenvalue weighted by Crippen LogP contribution is 2.50. The first-order valence-corrected chi connectivity index (χ1v) is 7.11. The zero-order valence-corrected chi connectivity index (χ0v) is 11.1. The Morgan fingerprint density at radius 1 is 1.20 bits per heavy atom. The van der Waals surface area contributed by atoms with Crippen LogP contribution in [-0.2, 0) is 15.1 Å². The first-order chi connectivity index (χ1) is 9.56. The van der Waals surface area contributed by atoms with Gasteiger partial charge in [-0.2, -0.15) is 0 Å². The number of nitrogens with zero attached hydrogens (tertiary/aromatic N) is 2. The molecule has 1 aromatic heterocycles. The Morgan fingerprint density at radius 2 is 1.90 bits per heavy atom. The molecule has 7 nitrogen and oxygen atoms in total. The molecule has 2 amide bonds. The third kappa shape index (κ3) is 1.65. The second-order valence-corrected chi connectivity index (χ2v) is 6.32. The Balaban J connectivity index is 1.52. The fourth-order valence-electron chi connectivity index (χ4n) is 2.62. The van der Waals surface area contributed by atoms with E-state index in [0.717, 1.165) is 31.5 Å². The van der Waals surface area contributed by atoms with E-state index in [0.29, 0.717) is 24.6 Å². The van der Waals surface area contributed by atoms with Gasteiger partial charge in [0.15, 0.2) is 5.82 Å². The molecule has 3 aliphatic carbocycles. The Morgan fingerprint density at radius 3 is 2.40 bits per heavy atom. The summed E-state index contributed by atoms with van der Waals surface area (Å²) in [5.41, 5.74) is 3.89. The molecule has 0 aliphatic heterocycles. The van der Waals surface area contributed by atoms with Gasteiger partial charge in [-0.3, -0.25) is 9.59 Å². The zero-order chi connectivity index (χ0) is 14.0. The van der Waals surface area contributed by atoms with Crippen molar-refractivity contribution in [2.45, 2.75) is 50.0 Å². The van der Waals surface area contributed by atoms with Crippen molar-refractivity contribution in [2.75, 3.05) is 0 Å². The molecular weight excluding hydrogens is 258 g/mol. The van der Waals surface area contributed by atoms with E-state index < -0.39 is 16.9 Å². The maximum absolute atomic E-state index is 12.3. The minimum absolute atomic E-state index is 0.258. The van der Waals surface area contributed by atoms with Crippen molar-refractivity contribution >= 4 is 11.8 Å². The van der Waals surface area contributed by atoms with E-state index in [2.05, 4.69) is 20.5 Å². The fraction of sp³-hybridized carbons (Fsp3) is 0.692. The average molecular weight is 275 g/mol. The summed E-state index contributed by atoms with van der Waals surface area (Å²) in [6.45, 7) is 0. The standard InChI is InChI=1S/C13H17N5O2/c14-9(19)12(3-4-12)11(20)16-13(5-6-13)10-15-8(17-18-10)7-1-2-7/h7H,1-6H2,(H2,14,19)(H,16,20)(H,15,17,18). The molecule has 3 aliphatic rings. The van der Waals surface area contributed by atoms with Crippen LogP contribution in [0.15, 0.2) is 0 Å². The Kier molecular flexibility index (Phi) is 2.13. The summed E-state index contributed by atoms with van der Waals surface area (Å²) in [4.78, 5) is 26.9. The SMILES string of the molecule is NC(=O)C1(C(=O)NC2(c3nnc(C4CC4)[nH]3)CC2)CC1. The van der Waals surface area contributed by atoms with Gasteiger partial charge in [-0.25, -0.2) is 0 Å². The lowest BCUT2D eigenvalue weighted by Crippen LogP contribution is -2.45. The van der Waals surface area contributed by atoms with Crippen molar-refractivity contribution in [3.63, 3.8) is 0 Å². The van der Waals surface area contributed by atoms with E-state index in [1.807, 2.05) is 0 Å². The molecule has 4 rings (SSSR count). The van der Waals surface area contributed by atoms with E-state index in [9.17, 15) is 9.59 Å². The summed E-state index contributed by atoms with van der Waals surface area (Å²) in [6.07, 6.45) is 5.05. The van der Waals surface area contributed by atoms with Crippen LogP contribution in [-0.4, -0.2) is 27.0 Å². The highest BCUT2D eigenvalue weighted by molar-refractivity contribution is 6.07. The van der Waals surface area contributed by atoms with Gasteiger partial charge < -0.3 is 16.0 Å². The maximum Gasteiger partial charge on any atom is 0.236 e. The van der Waals surface area contributed by atoms with Gasteiger partial charge in [0.05, 0.1) is 5.54 Å². The molecule has 4 N–H and O–H groups in total. The van der Waals surface area contributed by atoms with Crippen LogP contribution in [0.4, 0.5) is 0 Å². The van der Waals surface area contributed by atoms with Crippen LogP contribution in [0.5, 0.6) is 0 Å². The van der Waals surface area contributed by atoms with Gasteiger partial charge in [-0.15, -0.1) is 10.2 Å². The average Bonchev–Trinajstić information content (AvgIpc) is 3.28. The Hall–Kier alpha value is -1.92. The van der Waals surface area contributed by atoms with Gasteiger partial charge in [0, 0.05) is 5.92 Å². The van der Waals surface area contributed by atoms with Gasteiger partial charge in [-0.1, -0.05) is 0 Å². The molecule has 7 heteroatoms. The maximum atomic E-state index is 12.3. The number of nitrogens with two attached hydrogens (primary N) is 1. The lowest BCUT2D eigenvalue weighted by molar-refractivity contribution is -0.136. The Labute approximate surface area is 115 Å². The summed E-state index contributed by atoms with van der Waals surface area (Å²) < 4.78 is 0. The molecule has 0 radical (unpaired) electrons. The molecule has 0 unspecified atom stereocenters. The van der Waals surface area contributed by atoms with Crippen molar-refractivity contribution in [2.24, 2.45) is 11.1 Å². The largest absolute Gasteiger partial charge is 0.369 e. The van der Waals surface area contributed by atoms with E-state index in [4.69, 9.17) is 5.73 Å². The van der Waals surface area contributed by atoms with Gasteiger partial charge in [0.2, 0.25) is 11.8 Å². The molecule has 0 atom stereocenters. The number of carbonyl (C=O) groups is 2. The molecule has 3 fully saturated rings. The lowest BCUT2D eigenvalue weighted by atomic mass is 10.0. The van der Waals surface area contributed by atoms with E-state index >= 15 is 0 Å². The number of amides is 2. The molecule has 1 heterocycles. The number of rotatable bonds is 5. The summed E-state index contributed by atoms with van der Waals surface area (Å²) in [7, 11) is 0. The molecule has 0 spiro atoms. The monoisotopic (exact) mass is 275 g/mol. The van der Waals surface area contributed by atoms with Crippen molar-refractivity contribution in [3.05, 3.63) is 11.6 Å². The van der Waals surface area contributed by atoms with Crippen LogP contribution >= 0.6 is 0 Å². The topological polar surface area (TPSA) is 114 Å². The predicted octanol–water partition coefficient (Wildman–Crippen LogP) is 0.0529. The van der Waals surface area contributed by atoms with Crippen LogP contribution in [0.25, 0.3) is 0 Å². The quantitative estimate of drug-likeness (QED) is 0.659. The Bertz CT molecular complexity index is 596. The molecule has 0 bridgehead atoms. The lowest BCUT2D eigenvalue weighted by Gasteiger charge is -2.18. The molecule has 106 valence electrons. The molecule has 3 saturated carbocycles. The minimum Gasteiger partial charge on any atom is -0.369 e. The number of hydrogen-bond donors (Lipinski definition) is 3. The molecule has 0 aromatic carbocycles. The number of aromatic nitrogens is 3. The number of H-pyrrole nitrogens is 1. The van der Waals surface area contributed by atoms with Gasteiger partial charge >= 0.3 is 0 Å². The number of nitrogens with one attached hydrogen (secondary N) is 2. The fourth-order valence-corrected chi connectivity index (χ4v) is 2.62. The molecular formula is C13H17N5O2. The van der Waals surface area contributed by atoms with E-state index in [1.165, 1.54) is 0 Å². The number of primary amides is 1. The van der Waals surface area contributed by atoms with Crippen LogP contribution in [0.3, 0.4) is 0 Å². The number of hydrogen-bond acceptors (Lipinski definition) is 4. The third-order valence-corrected chi connectivity index (χ3v) is 4.68. The van der Waals surface area contributed by atoms with E-state index in [-0.39, 0.29) is 5.91 Å². The normalized spacial score (nSPS) is 25.0. The molecule has 1 aromatic rings. The third-order valence-electron chi connectivity index (χ3n) is 4.68. The highest BCUT2D eigenvalue weighted by atomic mass is 16.2. The van der Waals surface area contributed by atoms with Gasteiger partial charge in [0.1, 0.15) is 11.2 Å². The minimum atomic E-state index is -0.977. The first kappa shape index (κ1) is 11.9. The summed E-state index contributed by atoms with van der Waals surface area (Å²) in [5, 5.41) is 11.3. The van der Waals surface area contributed by atoms with Gasteiger partial charge in [0.25, 0.3) is 0 Å². The van der Waals surface area contributed by atoms with Gasteiger partial charge in [-0.05, 0) is 38.5 Å². The van der Waals surface area contributed by atoms with Crippen molar-refractivity contribution < 1.29 is 9.59 Å². The molecule has 0 saturated heterocycles. The van der Waals surface area contributed by atoms with Crippen molar-refractivity contribution in [3.8, 4) is 0 Å². The van der Waals surface area contributed by atoms with Crippen LogP contribution < -0.4 is 11.1 Å². The second kappa shape index (κ2) is 3.59. The van der Waals surface area contributed by atoms with Crippen molar-refractivity contribution in [1.82, 2.24) is 20.5 Å². The van der Waals surface area contributed by atoms with Crippen LogP contribution in [0.2, 0.25) is 0 Å². The summed E-state index contributed by atoms with van der Waals surface area (Å²) in [5.74, 6) is 1.35. The number of aromatic amines is 1. The van der Waals surface area contributed by atoms with Crippen LogP contribution in [0, 0.1) is 5.41 Å². The van der Waals surface area contributed by atoms with Crippen molar-refractivity contribution in [1.29, 1.82) is 0 Å². The van der Waals surface area contributed by atoms with Crippen LogP contribution in [0.1, 0.15) is 56.1 Å². The second-order valence-electron chi connectivity index (χ2n) is 6.32. The summed E-state index contributed by atoms with van der Waals surface area (Å²) in [6, 6.07) is 0. The first-order valence-electron chi connectivity index (χ1n) is 7.11. The highest BCUT2D eigenvalue weighted by Gasteiger charge is 2.59. The smallest absolute Gasteiger partial charge is 0.236 e. The number of carbonyl (C=O) groups excluding carboxylic acids is 2. The zero-order valence-electron chi connectivity index (χ0n) is 11.1. The molecule has 20 heavy (non-hydrogen) atoms.